The van der Waals surface area contributed by atoms with E-state index in [1.807, 2.05) is 6.07 Å². The zero-order valence-electron chi connectivity index (χ0n) is 8.15. The minimum Gasteiger partial charge on any atom is -0.441 e. The molecule has 0 saturated carbocycles. The third-order valence-electron chi connectivity index (χ3n) is 2.06. The Hall–Kier alpha value is -2.15. The first-order valence-corrected chi connectivity index (χ1v) is 4.48. The highest BCUT2D eigenvalue weighted by atomic mass is 16.3. The Morgan fingerprint density at radius 1 is 1.60 bits per heavy atom. The zero-order chi connectivity index (χ0) is 10.8. The van der Waals surface area contributed by atoms with Gasteiger partial charge < -0.3 is 4.42 Å². The van der Waals surface area contributed by atoms with Crippen LogP contribution in [0.25, 0.3) is 11.1 Å². The molecule has 0 fully saturated rings. The van der Waals surface area contributed by atoms with Gasteiger partial charge in [-0.1, -0.05) is 0 Å². The summed E-state index contributed by atoms with van der Waals surface area (Å²) in [5.41, 5.74) is 1.80. The Morgan fingerprint density at radius 2 is 2.40 bits per heavy atom. The van der Waals surface area contributed by atoms with Gasteiger partial charge in [0.2, 0.25) is 0 Å². The first-order valence-electron chi connectivity index (χ1n) is 4.48. The zero-order valence-corrected chi connectivity index (χ0v) is 8.15. The number of benzene rings is 1. The van der Waals surface area contributed by atoms with Gasteiger partial charge in [-0.25, -0.2) is 4.98 Å². The summed E-state index contributed by atoms with van der Waals surface area (Å²) in [4.78, 5) is 15.5. The lowest BCUT2D eigenvalue weighted by Gasteiger charge is -1.94. The highest BCUT2D eigenvalue weighted by Gasteiger charge is 2.08. The van der Waals surface area contributed by atoms with Crippen molar-refractivity contribution in [1.82, 2.24) is 4.98 Å². The molecule has 1 heterocycles. The monoisotopic (exact) mass is 200 g/mol. The van der Waals surface area contributed by atoms with E-state index in [0.29, 0.717) is 22.6 Å². The van der Waals surface area contributed by atoms with Gasteiger partial charge in [0.05, 0.1) is 12.5 Å². The number of nitriles is 1. The van der Waals surface area contributed by atoms with E-state index in [-0.39, 0.29) is 12.2 Å². The van der Waals surface area contributed by atoms with Gasteiger partial charge in [-0.2, -0.15) is 5.26 Å². The van der Waals surface area contributed by atoms with Crippen LogP contribution in [0.5, 0.6) is 0 Å². The molecule has 15 heavy (non-hydrogen) atoms. The van der Waals surface area contributed by atoms with Gasteiger partial charge in [0.15, 0.2) is 17.3 Å². The van der Waals surface area contributed by atoms with Crippen LogP contribution in [0.15, 0.2) is 22.6 Å². The van der Waals surface area contributed by atoms with E-state index in [4.69, 9.17) is 9.68 Å². The van der Waals surface area contributed by atoms with E-state index < -0.39 is 0 Å². The van der Waals surface area contributed by atoms with Gasteiger partial charge in [0, 0.05) is 12.5 Å². The third-order valence-corrected chi connectivity index (χ3v) is 2.06. The topological polar surface area (TPSA) is 66.9 Å². The van der Waals surface area contributed by atoms with Crippen molar-refractivity contribution >= 4 is 16.9 Å². The van der Waals surface area contributed by atoms with Gasteiger partial charge in [-0.15, -0.1) is 0 Å². The summed E-state index contributed by atoms with van der Waals surface area (Å²) in [6.07, 6.45) is -0.109. The number of oxazole rings is 1. The fourth-order valence-corrected chi connectivity index (χ4v) is 1.39. The molecular weight excluding hydrogens is 192 g/mol. The van der Waals surface area contributed by atoms with Crippen LogP contribution in [0.2, 0.25) is 0 Å². The number of carbonyl (C=O) groups is 1. The normalized spacial score (nSPS) is 10.1. The van der Waals surface area contributed by atoms with Crippen LogP contribution in [-0.2, 0) is 0 Å². The molecule has 4 nitrogen and oxygen atoms in total. The first kappa shape index (κ1) is 9.41. The van der Waals surface area contributed by atoms with Crippen LogP contribution in [0, 0.1) is 18.3 Å². The van der Waals surface area contributed by atoms with Crippen molar-refractivity contribution in [2.75, 3.05) is 0 Å². The van der Waals surface area contributed by atoms with Crippen LogP contribution in [0.1, 0.15) is 22.7 Å². The number of carbonyl (C=O) groups excluding carboxylic acids is 1. The quantitative estimate of drug-likeness (QED) is 0.697. The molecule has 0 saturated heterocycles. The number of hydrogen-bond donors (Lipinski definition) is 0. The lowest BCUT2D eigenvalue weighted by molar-refractivity contribution is 0.0998. The van der Waals surface area contributed by atoms with Crippen molar-refractivity contribution in [2.45, 2.75) is 13.3 Å². The second-order valence-electron chi connectivity index (χ2n) is 3.17. The fourth-order valence-electron chi connectivity index (χ4n) is 1.39. The number of fused-ring (bicyclic) bond motifs is 1. The van der Waals surface area contributed by atoms with E-state index >= 15 is 0 Å². The second kappa shape index (κ2) is 3.54. The molecule has 4 heteroatoms. The lowest BCUT2D eigenvalue weighted by Crippen LogP contribution is -1.96. The van der Waals surface area contributed by atoms with E-state index in [0.717, 1.165) is 0 Å². The van der Waals surface area contributed by atoms with Gasteiger partial charge in [0.25, 0.3) is 0 Å². The van der Waals surface area contributed by atoms with Gasteiger partial charge in [-0.05, 0) is 18.2 Å². The predicted molar refractivity (Wildman–Crippen MR) is 53.3 cm³/mol. The van der Waals surface area contributed by atoms with Crippen LogP contribution >= 0.6 is 0 Å². The molecule has 0 N–H and O–H groups in total. The summed E-state index contributed by atoms with van der Waals surface area (Å²) in [6.45, 7) is 1.75. The van der Waals surface area contributed by atoms with Crippen molar-refractivity contribution in [3.05, 3.63) is 29.7 Å². The summed E-state index contributed by atoms with van der Waals surface area (Å²) in [5, 5.41) is 8.41. The molecule has 0 aliphatic heterocycles. The molecule has 74 valence electrons. The van der Waals surface area contributed by atoms with Crippen LogP contribution < -0.4 is 0 Å². The number of Topliss-reactive ketones (excluding diaryl/α,β-unsaturated/α-hetero) is 1. The Bertz CT molecular complexity index is 563. The number of aromatic nitrogens is 1. The lowest BCUT2D eigenvalue weighted by atomic mass is 10.1. The summed E-state index contributed by atoms with van der Waals surface area (Å²) < 4.78 is 5.28. The van der Waals surface area contributed by atoms with Crippen molar-refractivity contribution in [3.8, 4) is 6.07 Å². The Kier molecular flexibility index (Phi) is 2.22. The number of rotatable bonds is 2. The molecule has 2 rings (SSSR count). The Balaban J connectivity index is 2.47. The molecule has 1 aromatic heterocycles. The van der Waals surface area contributed by atoms with E-state index in [1.54, 1.807) is 25.1 Å². The van der Waals surface area contributed by atoms with Crippen molar-refractivity contribution < 1.29 is 9.21 Å². The van der Waals surface area contributed by atoms with Crippen molar-refractivity contribution in [2.24, 2.45) is 0 Å². The highest BCUT2D eigenvalue weighted by Crippen LogP contribution is 2.17. The van der Waals surface area contributed by atoms with E-state index in [2.05, 4.69) is 4.98 Å². The predicted octanol–water partition coefficient (Wildman–Crippen LogP) is 2.23. The van der Waals surface area contributed by atoms with E-state index in [9.17, 15) is 4.79 Å². The first-order chi connectivity index (χ1) is 7.20. The minimum atomic E-state index is -0.194. The molecule has 1 aromatic carbocycles. The Morgan fingerprint density at radius 3 is 3.13 bits per heavy atom. The molecule has 0 spiro atoms. The maximum atomic E-state index is 11.4. The Labute approximate surface area is 86.1 Å². The molecule has 0 unspecified atom stereocenters. The number of hydrogen-bond acceptors (Lipinski definition) is 4. The molecule has 0 radical (unpaired) electrons. The number of nitrogens with zero attached hydrogens (tertiary/aromatic N) is 2. The maximum Gasteiger partial charge on any atom is 0.192 e. The highest BCUT2D eigenvalue weighted by molar-refractivity contribution is 5.99. The average molecular weight is 200 g/mol. The average Bonchev–Trinajstić information content (AvgIpc) is 2.57. The van der Waals surface area contributed by atoms with E-state index in [1.165, 1.54) is 0 Å². The molecule has 0 bridgehead atoms. The maximum absolute atomic E-state index is 11.4. The third kappa shape index (κ3) is 1.72. The summed E-state index contributed by atoms with van der Waals surface area (Å²) in [5.74, 6) is 0.370. The number of ketones is 1. The van der Waals surface area contributed by atoms with Crippen LogP contribution in [0.3, 0.4) is 0 Å². The van der Waals surface area contributed by atoms with Crippen molar-refractivity contribution in [3.63, 3.8) is 0 Å². The molecule has 0 amide bonds. The smallest absolute Gasteiger partial charge is 0.192 e. The minimum absolute atomic E-state index is 0.109. The largest absolute Gasteiger partial charge is 0.441 e. The molecule has 0 atom stereocenters. The second-order valence-corrected chi connectivity index (χ2v) is 3.17. The van der Waals surface area contributed by atoms with Gasteiger partial charge in [-0.3, -0.25) is 4.79 Å². The summed E-state index contributed by atoms with van der Waals surface area (Å²) in [6, 6.07) is 6.81. The van der Waals surface area contributed by atoms with Crippen LogP contribution in [0.4, 0.5) is 0 Å². The molecular formula is C11H8N2O2. The number of aryl methyl sites for hydroxylation is 1. The summed E-state index contributed by atoms with van der Waals surface area (Å²) >= 11 is 0. The van der Waals surface area contributed by atoms with Crippen molar-refractivity contribution in [1.29, 1.82) is 5.26 Å². The fraction of sp³-hybridized carbons (Fsp3) is 0.182. The standard InChI is InChI=1S/C11H8N2O2/c1-7-13-9-6-8(10(14)4-5-12)2-3-11(9)15-7/h2-3,6H,4H2,1H3. The molecule has 0 aliphatic rings. The molecule has 2 aromatic rings. The van der Waals surface area contributed by atoms with Gasteiger partial charge >= 0.3 is 0 Å². The SMILES string of the molecule is Cc1nc2cc(C(=O)CC#N)ccc2o1. The summed E-state index contributed by atoms with van der Waals surface area (Å²) in [7, 11) is 0. The van der Waals surface area contributed by atoms with Gasteiger partial charge in [0.1, 0.15) is 5.52 Å². The molecule has 0 aliphatic carbocycles. The van der Waals surface area contributed by atoms with Crippen LogP contribution in [-0.4, -0.2) is 10.8 Å².